The van der Waals surface area contributed by atoms with Crippen molar-refractivity contribution in [1.29, 1.82) is 0 Å². The normalized spacial score (nSPS) is 16.3. The van der Waals surface area contributed by atoms with Crippen LogP contribution >= 0.6 is 34.5 Å². The first-order valence-electron chi connectivity index (χ1n) is 10.3. The highest BCUT2D eigenvalue weighted by atomic mass is 35.5. The second kappa shape index (κ2) is 9.76. The summed E-state index contributed by atoms with van der Waals surface area (Å²) in [6.07, 6.45) is 6.78. The monoisotopic (exact) mass is 479 g/mol. The van der Waals surface area contributed by atoms with Crippen molar-refractivity contribution in [3.8, 4) is 0 Å². The highest BCUT2D eigenvalue weighted by molar-refractivity contribution is 7.17. The van der Waals surface area contributed by atoms with E-state index in [0.717, 1.165) is 36.1 Å². The Morgan fingerprint density at radius 1 is 1.29 bits per heavy atom. The summed E-state index contributed by atoms with van der Waals surface area (Å²) in [4.78, 5) is 26.3. The van der Waals surface area contributed by atoms with Crippen LogP contribution < -0.4 is 5.32 Å². The molecule has 1 aliphatic carbocycles. The van der Waals surface area contributed by atoms with E-state index in [4.69, 9.17) is 27.9 Å². The molecule has 7 heteroatoms. The number of nitrogens with one attached hydrogen (secondary N) is 1. The largest absolute Gasteiger partial charge is 0.465 e. The van der Waals surface area contributed by atoms with Crippen LogP contribution in [-0.4, -0.2) is 19.0 Å². The van der Waals surface area contributed by atoms with E-state index >= 15 is 0 Å². The second-order valence-corrected chi connectivity index (χ2v) is 10.4. The zero-order chi connectivity index (χ0) is 22.8. The number of halogens is 2. The predicted molar refractivity (Wildman–Crippen MR) is 129 cm³/mol. The topological polar surface area (TPSA) is 55.4 Å². The lowest BCUT2D eigenvalue weighted by atomic mass is 9.69. The van der Waals surface area contributed by atoms with Gasteiger partial charge in [-0.15, -0.1) is 11.3 Å². The van der Waals surface area contributed by atoms with Gasteiger partial charge in [-0.25, -0.2) is 4.79 Å². The molecule has 2 aromatic rings. The zero-order valence-electron chi connectivity index (χ0n) is 18.2. The lowest BCUT2D eigenvalue weighted by molar-refractivity contribution is -0.111. The molecule has 1 aliphatic rings. The van der Waals surface area contributed by atoms with Crippen LogP contribution in [0, 0.1) is 11.3 Å². The molecule has 31 heavy (non-hydrogen) atoms. The number of esters is 1. The summed E-state index contributed by atoms with van der Waals surface area (Å²) >= 11 is 13.8. The number of hydrogen-bond donors (Lipinski definition) is 1. The van der Waals surface area contributed by atoms with E-state index in [9.17, 15) is 9.59 Å². The molecule has 1 N–H and O–H groups in total. The Bertz CT molecular complexity index is 1010. The molecule has 1 aromatic carbocycles. The first-order chi connectivity index (χ1) is 14.7. The van der Waals surface area contributed by atoms with E-state index in [1.54, 1.807) is 24.3 Å². The summed E-state index contributed by atoms with van der Waals surface area (Å²) in [6, 6.07) is 5.16. The van der Waals surface area contributed by atoms with Crippen LogP contribution in [0.2, 0.25) is 10.0 Å². The Morgan fingerprint density at radius 2 is 1.97 bits per heavy atom. The van der Waals surface area contributed by atoms with Gasteiger partial charge in [0.1, 0.15) is 5.00 Å². The summed E-state index contributed by atoms with van der Waals surface area (Å²) in [5.41, 5.74) is 2.29. The number of anilines is 1. The van der Waals surface area contributed by atoms with Crippen LogP contribution in [0.3, 0.4) is 0 Å². The molecule has 1 aromatic heterocycles. The minimum Gasteiger partial charge on any atom is -0.465 e. The van der Waals surface area contributed by atoms with Crippen molar-refractivity contribution in [2.75, 3.05) is 12.4 Å². The fourth-order valence-electron chi connectivity index (χ4n) is 3.93. The molecule has 0 bridgehead atoms. The Balaban J connectivity index is 1.87. The quantitative estimate of drug-likeness (QED) is 0.357. The Labute approximate surface area is 197 Å². The number of carbonyl (C=O) groups excluding carboxylic acids is 2. The van der Waals surface area contributed by atoms with Gasteiger partial charge in [0.2, 0.25) is 5.91 Å². The van der Waals surface area contributed by atoms with Gasteiger partial charge in [-0.2, -0.15) is 0 Å². The third-order valence-corrected chi connectivity index (χ3v) is 8.14. The molecule has 0 unspecified atom stereocenters. The third kappa shape index (κ3) is 5.16. The molecule has 0 saturated carbocycles. The number of carbonyl (C=O) groups is 2. The molecule has 1 heterocycles. The van der Waals surface area contributed by atoms with Gasteiger partial charge in [0.25, 0.3) is 0 Å². The van der Waals surface area contributed by atoms with Crippen LogP contribution in [0.15, 0.2) is 24.3 Å². The number of amides is 1. The van der Waals surface area contributed by atoms with Crippen molar-refractivity contribution in [3.05, 3.63) is 55.9 Å². The standard InChI is InChI=1S/C24H27Cl2NO3S/c1-5-24(2,3)14-9-10-16-19(13-14)31-22(21(16)23(29)30-4)27-20(28)12-11-15-17(25)7-6-8-18(15)26/h6-8,11-12,14H,5,9-10,13H2,1-4H3,(H,27,28)/b12-11-/t14-/m0/s1. The molecule has 1 amide bonds. The van der Waals surface area contributed by atoms with Crippen molar-refractivity contribution in [2.45, 2.75) is 46.5 Å². The third-order valence-electron chi connectivity index (χ3n) is 6.31. The second-order valence-electron chi connectivity index (χ2n) is 8.44. The molecule has 0 radical (unpaired) electrons. The summed E-state index contributed by atoms with van der Waals surface area (Å²) < 4.78 is 5.02. The lowest BCUT2D eigenvalue weighted by Gasteiger charge is -2.36. The van der Waals surface area contributed by atoms with Gasteiger partial charge in [-0.3, -0.25) is 4.79 Å². The zero-order valence-corrected chi connectivity index (χ0v) is 20.5. The number of ether oxygens (including phenoxy) is 1. The molecular formula is C24H27Cl2NO3S. The number of rotatable bonds is 6. The molecule has 0 aliphatic heterocycles. The fourth-order valence-corrected chi connectivity index (χ4v) is 5.77. The Morgan fingerprint density at radius 3 is 2.58 bits per heavy atom. The van der Waals surface area contributed by atoms with Gasteiger partial charge in [0.15, 0.2) is 0 Å². The first kappa shape index (κ1) is 23.8. The molecule has 0 spiro atoms. The Kier molecular flexibility index (Phi) is 7.51. The Hall–Kier alpha value is -1.82. The van der Waals surface area contributed by atoms with E-state index in [1.807, 2.05) is 0 Å². The lowest BCUT2D eigenvalue weighted by Crippen LogP contribution is -2.28. The average Bonchev–Trinajstić information content (AvgIpc) is 3.09. The molecular weight excluding hydrogens is 453 g/mol. The van der Waals surface area contributed by atoms with Gasteiger partial charge in [0, 0.05) is 26.6 Å². The maximum atomic E-state index is 12.6. The van der Waals surface area contributed by atoms with E-state index in [-0.39, 0.29) is 11.3 Å². The SMILES string of the molecule is CCC(C)(C)[C@H]1CCc2c(sc(NC(=O)/C=C\c3c(Cl)cccc3Cl)c2C(=O)OC)C1. The smallest absolute Gasteiger partial charge is 0.341 e. The van der Waals surface area contributed by atoms with Gasteiger partial charge in [-0.05, 0) is 54.4 Å². The van der Waals surface area contributed by atoms with E-state index < -0.39 is 5.97 Å². The van der Waals surface area contributed by atoms with Crippen LogP contribution in [-0.2, 0) is 22.4 Å². The number of hydrogen-bond acceptors (Lipinski definition) is 4. The molecule has 166 valence electrons. The number of methoxy groups -OCH3 is 1. The van der Waals surface area contributed by atoms with Crippen molar-refractivity contribution in [2.24, 2.45) is 11.3 Å². The predicted octanol–water partition coefficient (Wildman–Crippen LogP) is 7.03. The number of fused-ring (bicyclic) bond motifs is 1. The van der Waals surface area contributed by atoms with Crippen molar-refractivity contribution < 1.29 is 14.3 Å². The van der Waals surface area contributed by atoms with Crippen LogP contribution in [0.25, 0.3) is 6.08 Å². The maximum absolute atomic E-state index is 12.6. The number of benzene rings is 1. The number of thiophene rings is 1. The van der Waals surface area contributed by atoms with Crippen molar-refractivity contribution in [1.82, 2.24) is 0 Å². The van der Waals surface area contributed by atoms with Crippen molar-refractivity contribution in [3.63, 3.8) is 0 Å². The molecule has 1 atom stereocenters. The van der Waals surface area contributed by atoms with Gasteiger partial charge in [-0.1, -0.05) is 56.5 Å². The van der Waals surface area contributed by atoms with E-state index in [2.05, 4.69) is 26.1 Å². The fraction of sp³-hybridized carbons (Fsp3) is 0.417. The molecule has 4 nitrogen and oxygen atoms in total. The maximum Gasteiger partial charge on any atom is 0.341 e. The van der Waals surface area contributed by atoms with Crippen LogP contribution in [0.4, 0.5) is 5.00 Å². The molecule has 3 rings (SSSR count). The van der Waals surface area contributed by atoms with E-state index in [1.165, 1.54) is 24.5 Å². The van der Waals surface area contributed by atoms with Gasteiger partial charge >= 0.3 is 5.97 Å². The first-order valence-corrected chi connectivity index (χ1v) is 11.9. The summed E-state index contributed by atoms with van der Waals surface area (Å²) in [5, 5.41) is 4.32. The van der Waals surface area contributed by atoms with Gasteiger partial charge < -0.3 is 10.1 Å². The van der Waals surface area contributed by atoms with Crippen LogP contribution in [0.1, 0.15) is 60.0 Å². The molecule has 0 saturated heterocycles. The average molecular weight is 480 g/mol. The highest BCUT2D eigenvalue weighted by Crippen LogP contribution is 2.45. The summed E-state index contributed by atoms with van der Waals surface area (Å²) in [5.74, 6) is -0.232. The summed E-state index contributed by atoms with van der Waals surface area (Å²) in [6.45, 7) is 6.81. The molecule has 0 fully saturated rings. The minimum absolute atomic E-state index is 0.230. The van der Waals surface area contributed by atoms with E-state index in [0.29, 0.717) is 32.1 Å². The van der Waals surface area contributed by atoms with Crippen molar-refractivity contribution >= 4 is 57.5 Å². The highest BCUT2D eigenvalue weighted by Gasteiger charge is 2.35. The van der Waals surface area contributed by atoms with Crippen LogP contribution in [0.5, 0.6) is 0 Å². The minimum atomic E-state index is -0.417. The summed E-state index contributed by atoms with van der Waals surface area (Å²) in [7, 11) is 1.36. The van der Waals surface area contributed by atoms with Gasteiger partial charge in [0.05, 0.1) is 12.7 Å².